The fourth-order valence-electron chi connectivity index (χ4n) is 2.33. The van der Waals surface area contributed by atoms with Crippen molar-refractivity contribution in [2.75, 3.05) is 26.3 Å². The number of amides is 3. The molecule has 82 valence electrons. The van der Waals surface area contributed by atoms with E-state index in [9.17, 15) is 9.59 Å². The average Bonchev–Trinajstić information content (AvgIpc) is 2.70. The molecule has 1 spiro atoms. The Hall–Kier alpha value is -1.14. The Balaban J connectivity index is 1.83. The zero-order valence-corrected chi connectivity index (χ0v) is 8.28. The van der Waals surface area contributed by atoms with Crippen molar-refractivity contribution in [1.82, 2.24) is 15.5 Å². The van der Waals surface area contributed by atoms with Crippen molar-refractivity contribution < 1.29 is 14.3 Å². The SMILES string of the molecule is O=C1NC2(COC2)C(=O)N1C1CCNC1. The molecule has 0 aliphatic carbocycles. The lowest BCUT2D eigenvalue weighted by Crippen LogP contribution is -2.62. The highest BCUT2D eigenvalue weighted by atomic mass is 16.5. The normalized spacial score (nSPS) is 33.3. The first-order chi connectivity index (χ1) is 7.23. The molecule has 0 aromatic heterocycles. The highest BCUT2D eigenvalue weighted by Crippen LogP contribution is 2.28. The number of urea groups is 1. The number of ether oxygens (including phenoxy) is 1. The summed E-state index contributed by atoms with van der Waals surface area (Å²) in [5.41, 5.74) is -0.736. The molecule has 1 atom stereocenters. The molecular formula is C9H13N3O3. The van der Waals surface area contributed by atoms with Gasteiger partial charge in [0.15, 0.2) is 5.54 Å². The summed E-state index contributed by atoms with van der Waals surface area (Å²) in [6.45, 7) is 2.20. The largest absolute Gasteiger partial charge is 0.375 e. The van der Waals surface area contributed by atoms with E-state index in [1.54, 1.807) is 0 Å². The van der Waals surface area contributed by atoms with Crippen LogP contribution in [0.2, 0.25) is 0 Å². The van der Waals surface area contributed by atoms with Crippen LogP contribution in [-0.4, -0.2) is 54.7 Å². The molecule has 1 unspecified atom stereocenters. The van der Waals surface area contributed by atoms with Gasteiger partial charge in [-0.15, -0.1) is 0 Å². The van der Waals surface area contributed by atoms with E-state index >= 15 is 0 Å². The van der Waals surface area contributed by atoms with Crippen molar-refractivity contribution in [2.24, 2.45) is 0 Å². The first-order valence-electron chi connectivity index (χ1n) is 5.17. The van der Waals surface area contributed by atoms with E-state index in [0.717, 1.165) is 13.0 Å². The molecule has 0 aromatic carbocycles. The average molecular weight is 211 g/mol. The Morgan fingerprint density at radius 2 is 2.20 bits per heavy atom. The quantitative estimate of drug-likeness (QED) is 0.527. The minimum Gasteiger partial charge on any atom is -0.375 e. The van der Waals surface area contributed by atoms with Crippen molar-refractivity contribution >= 4 is 11.9 Å². The maximum atomic E-state index is 12.0. The van der Waals surface area contributed by atoms with Crippen molar-refractivity contribution in [1.29, 1.82) is 0 Å². The van der Waals surface area contributed by atoms with Gasteiger partial charge in [-0.05, 0) is 13.0 Å². The highest BCUT2D eigenvalue weighted by molar-refractivity contribution is 6.08. The van der Waals surface area contributed by atoms with Crippen LogP contribution in [0.3, 0.4) is 0 Å². The topological polar surface area (TPSA) is 70.7 Å². The van der Waals surface area contributed by atoms with E-state index in [1.807, 2.05) is 0 Å². The molecule has 15 heavy (non-hydrogen) atoms. The van der Waals surface area contributed by atoms with Crippen LogP contribution in [0.1, 0.15) is 6.42 Å². The van der Waals surface area contributed by atoms with Crippen LogP contribution in [0.15, 0.2) is 0 Å². The molecule has 6 heteroatoms. The van der Waals surface area contributed by atoms with Crippen LogP contribution in [0.5, 0.6) is 0 Å². The van der Waals surface area contributed by atoms with Gasteiger partial charge in [-0.3, -0.25) is 9.69 Å². The van der Waals surface area contributed by atoms with E-state index < -0.39 is 5.54 Å². The number of hydrogen-bond donors (Lipinski definition) is 2. The summed E-state index contributed by atoms with van der Waals surface area (Å²) in [6.07, 6.45) is 0.843. The lowest BCUT2D eigenvalue weighted by molar-refractivity contribution is -0.148. The van der Waals surface area contributed by atoms with Crippen LogP contribution in [-0.2, 0) is 9.53 Å². The van der Waals surface area contributed by atoms with E-state index in [4.69, 9.17) is 4.74 Å². The number of hydrogen-bond acceptors (Lipinski definition) is 4. The lowest BCUT2D eigenvalue weighted by Gasteiger charge is -2.35. The Kier molecular flexibility index (Phi) is 1.78. The summed E-state index contributed by atoms with van der Waals surface area (Å²) >= 11 is 0. The van der Waals surface area contributed by atoms with Crippen LogP contribution >= 0.6 is 0 Å². The second-order valence-electron chi connectivity index (χ2n) is 4.33. The minimum absolute atomic E-state index is 0.0116. The molecule has 0 radical (unpaired) electrons. The van der Waals surface area contributed by atoms with Crippen molar-refractivity contribution in [3.8, 4) is 0 Å². The summed E-state index contributed by atoms with van der Waals surface area (Å²) in [6, 6.07) is -0.255. The van der Waals surface area contributed by atoms with E-state index in [0.29, 0.717) is 19.8 Å². The molecule has 3 aliphatic rings. The van der Waals surface area contributed by atoms with Crippen LogP contribution in [0.25, 0.3) is 0 Å². The molecule has 3 aliphatic heterocycles. The summed E-state index contributed by atoms with van der Waals surface area (Å²) in [4.78, 5) is 25.1. The fourth-order valence-corrected chi connectivity index (χ4v) is 2.33. The third-order valence-corrected chi connectivity index (χ3v) is 3.29. The maximum absolute atomic E-state index is 12.0. The van der Waals surface area contributed by atoms with Crippen molar-refractivity contribution in [2.45, 2.75) is 18.0 Å². The molecule has 3 amide bonds. The predicted molar refractivity (Wildman–Crippen MR) is 50.2 cm³/mol. The zero-order valence-electron chi connectivity index (χ0n) is 8.28. The van der Waals surface area contributed by atoms with Gasteiger partial charge in [0.25, 0.3) is 5.91 Å². The number of carbonyl (C=O) groups is 2. The third-order valence-electron chi connectivity index (χ3n) is 3.29. The number of imide groups is 1. The molecule has 0 saturated carbocycles. The van der Waals surface area contributed by atoms with Gasteiger partial charge >= 0.3 is 6.03 Å². The first kappa shape index (κ1) is 9.11. The Labute approximate surface area is 86.9 Å². The minimum atomic E-state index is -0.736. The monoisotopic (exact) mass is 211 g/mol. The highest BCUT2D eigenvalue weighted by Gasteiger charge is 2.57. The lowest BCUT2D eigenvalue weighted by atomic mass is 9.97. The number of rotatable bonds is 1. The number of nitrogens with one attached hydrogen (secondary N) is 2. The second-order valence-corrected chi connectivity index (χ2v) is 4.33. The smallest absolute Gasteiger partial charge is 0.325 e. The summed E-state index contributed by atoms with van der Waals surface area (Å²) < 4.78 is 5.01. The molecular weight excluding hydrogens is 198 g/mol. The van der Waals surface area contributed by atoms with Gasteiger partial charge in [0, 0.05) is 6.54 Å². The van der Waals surface area contributed by atoms with Crippen LogP contribution < -0.4 is 10.6 Å². The molecule has 3 fully saturated rings. The standard InChI is InChI=1S/C9H13N3O3/c13-7-9(4-15-5-9)11-8(14)12(7)6-1-2-10-3-6/h6,10H,1-5H2,(H,11,14). The predicted octanol–water partition coefficient (Wildman–Crippen LogP) is -1.33. The number of carbonyl (C=O) groups excluding carboxylic acids is 2. The van der Waals surface area contributed by atoms with Gasteiger partial charge in [0.05, 0.1) is 19.3 Å². The van der Waals surface area contributed by atoms with Crippen molar-refractivity contribution in [3.63, 3.8) is 0 Å². The fraction of sp³-hybridized carbons (Fsp3) is 0.778. The van der Waals surface area contributed by atoms with Crippen molar-refractivity contribution in [3.05, 3.63) is 0 Å². The van der Waals surface area contributed by atoms with Gasteiger partial charge in [-0.2, -0.15) is 0 Å². The van der Waals surface area contributed by atoms with Crippen LogP contribution in [0, 0.1) is 0 Å². The van der Waals surface area contributed by atoms with E-state index in [1.165, 1.54) is 4.90 Å². The van der Waals surface area contributed by atoms with Crippen LogP contribution in [0.4, 0.5) is 4.79 Å². The van der Waals surface area contributed by atoms with Gasteiger partial charge < -0.3 is 15.4 Å². The molecule has 0 bridgehead atoms. The first-order valence-corrected chi connectivity index (χ1v) is 5.17. The summed E-state index contributed by atoms with van der Waals surface area (Å²) in [5, 5.41) is 5.88. The molecule has 2 N–H and O–H groups in total. The summed E-state index contributed by atoms with van der Waals surface area (Å²) in [7, 11) is 0. The zero-order chi connectivity index (χ0) is 10.5. The number of nitrogens with zero attached hydrogens (tertiary/aromatic N) is 1. The molecule has 3 rings (SSSR count). The van der Waals surface area contributed by atoms with Gasteiger partial charge in [0.2, 0.25) is 0 Å². The molecule has 6 nitrogen and oxygen atoms in total. The maximum Gasteiger partial charge on any atom is 0.325 e. The van der Waals surface area contributed by atoms with Gasteiger partial charge in [0.1, 0.15) is 0 Å². The molecule has 3 saturated heterocycles. The van der Waals surface area contributed by atoms with Gasteiger partial charge in [-0.25, -0.2) is 4.79 Å². The Morgan fingerprint density at radius 1 is 1.40 bits per heavy atom. The Morgan fingerprint density at radius 3 is 2.67 bits per heavy atom. The Bertz CT molecular complexity index is 321. The molecule has 0 aromatic rings. The molecule has 3 heterocycles. The second kappa shape index (κ2) is 2.93. The summed E-state index contributed by atoms with van der Waals surface area (Å²) in [5.74, 6) is -0.118. The van der Waals surface area contributed by atoms with E-state index in [-0.39, 0.29) is 18.0 Å². The van der Waals surface area contributed by atoms with E-state index in [2.05, 4.69) is 10.6 Å². The third kappa shape index (κ3) is 1.12. The van der Waals surface area contributed by atoms with Gasteiger partial charge in [-0.1, -0.05) is 0 Å².